The van der Waals surface area contributed by atoms with Crippen LogP contribution in [0.15, 0.2) is 35.2 Å². The largest absolute Gasteiger partial charge is 0.495 e. The van der Waals surface area contributed by atoms with Gasteiger partial charge in [-0.25, -0.2) is 8.42 Å². The zero-order valence-electron chi connectivity index (χ0n) is 17.1. The van der Waals surface area contributed by atoms with E-state index in [9.17, 15) is 13.2 Å². The molecule has 10 heteroatoms. The van der Waals surface area contributed by atoms with Crippen LogP contribution in [0.3, 0.4) is 0 Å². The highest BCUT2D eigenvalue weighted by Crippen LogP contribution is 2.44. The van der Waals surface area contributed by atoms with Gasteiger partial charge >= 0.3 is 0 Å². The number of ether oxygens (including phenoxy) is 3. The van der Waals surface area contributed by atoms with E-state index in [1.165, 1.54) is 34.4 Å². The van der Waals surface area contributed by atoms with Gasteiger partial charge in [0.05, 0.1) is 32.7 Å². The van der Waals surface area contributed by atoms with E-state index < -0.39 is 15.9 Å². The Morgan fingerprint density at radius 2 is 1.60 bits per heavy atom. The third-order valence-electron chi connectivity index (χ3n) is 4.82. The number of amides is 1. The molecule has 0 saturated heterocycles. The zero-order chi connectivity index (χ0) is 22.2. The molecule has 0 radical (unpaired) electrons. The van der Waals surface area contributed by atoms with Crippen molar-refractivity contribution in [2.45, 2.75) is 6.92 Å². The molecule has 0 aliphatic carbocycles. The molecular formula is C20H21ClN2O6S. The molecule has 2 aromatic carbocycles. The minimum Gasteiger partial charge on any atom is -0.495 e. The highest BCUT2D eigenvalue weighted by molar-refractivity contribution is 7.97. The third-order valence-corrected chi connectivity index (χ3v) is 6.98. The van der Waals surface area contributed by atoms with Crippen molar-refractivity contribution in [3.05, 3.63) is 45.8 Å². The average Bonchev–Trinajstić information content (AvgIpc) is 2.71. The van der Waals surface area contributed by atoms with Gasteiger partial charge in [-0.1, -0.05) is 11.6 Å². The smallest absolute Gasteiger partial charge is 0.269 e. The second kappa shape index (κ2) is 8.08. The summed E-state index contributed by atoms with van der Waals surface area (Å²) >= 11 is 6.01. The first-order valence-electron chi connectivity index (χ1n) is 8.76. The molecule has 1 heterocycles. The van der Waals surface area contributed by atoms with Crippen LogP contribution in [0, 0.1) is 0 Å². The number of halogens is 1. The van der Waals surface area contributed by atoms with Crippen molar-refractivity contribution in [2.75, 3.05) is 38.0 Å². The molecule has 0 aromatic heterocycles. The molecular weight excluding hydrogens is 432 g/mol. The van der Waals surface area contributed by atoms with Gasteiger partial charge in [0.15, 0.2) is 16.4 Å². The van der Waals surface area contributed by atoms with Crippen LogP contribution < -0.4 is 23.8 Å². The first-order valence-corrected chi connectivity index (χ1v) is 10.6. The van der Waals surface area contributed by atoms with Gasteiger partial charge in [0.25, 0.3) is 15.9 Å². The summed E-state index contributed by atoms with van der Waals surface area (Å²) in [5.41, 5.74) is 1.45. The van der Waals surface area contributed by atoms with Crippen LogP contribution in [0.1, 0.15) is 12.5 Å². The molecule has 1 aliphatic rings. The fraction of sp³-hybridized carbons (Fsp3) is 0.250. The first-order chi connectivity index (χ1) is 14.1. The number of nitrogens with one attached hydrogen (secondary N) is 1. The summed E-state index contributed by atoms with van der Waals surface area (Å²) in [5.74, 6) is 0.335. The molecule has 30 heavy (non-hydrogen) atoms. The van der Waals surface area contributed by atoms with Gasteiger partial charge in [-0.2, -0.15) is 0 Å². The fourth-order valence-electron chi connectivity index (χ4n) is 3.26. The summed E-state index contributed by atoms with van der Waals surface area (Å²) in [6.45, 7) is 1.57. The Morgan fingerprint density at radius 1 is 1.00 bits per heavy atom. The standard InChI is InChI=1S/C20H21ClN2O6S/c1-11-13-9-17(28-4)18(29-5)10-15(13)23(2)30(25,26)19(11)20(24)22-14-8-12(21)6-7-16(14)27-3/h6-10H,1-5H3,(H,22,24). The molecule has 0 atom stereocenters. The number of sulfonamides is 1. The highest BCUT2D eigenvalue weighted by Gasteiger charge is 2.38. The Kier molecular flexibility index (Phi) is 5.87. The molecule has 2 aromatic rings. The molecule has 0 fully saturated rings. The zero-order valence-corrected chi connectivity index (χ0v) is 18.6. The van der Waals surface area contributed by atoms with Crippen LogP contribution in [0.4, 0.5) is 11.4 Å². The lowest BCUT2D eigenvalue weighted by molar-refractivity contribution is -0.112. The predicted octanol–water partition coefficient (Wildman–Crippen LogP) is 3.52. The van der Waals surface area contributed by atoms with Crippen LogP contribution in [0.5, 0.6) is 17.2 Å². The van der Waals surface area contributed by atoms with Gasteiger partial charge in [-0.3, -0.25) is 9.10 Å². The van der Waals surface area contributed by atoms with E-state index in [-0.39, 0.29) is 16.2 Å². The summed E-state index contributed by atoms with van der Waals surface area (Å²) in [4.78, 5) is 12.7. The molecule has 1 amide bonds. The highest BCUT2D eigenvalue weighted by atomic mass is 35.5. The number of hydrogen-bond donors (Lipinski definition) is 1. The van der Waals surface area contributed by atoms with E-state index in [2.05, 4.69) is 5.32 Å². The minimum absolute atomic E-state index is 0.256. The van der Waals surface area contributed by atoms with Crippen molar-refractivity contribution in [2.24, 2.45) is 0 Å². The lowest BCUT2D eigenvalue weighted by Crippen LogP contribution is -2.36. The van der Waals surface area contributed by atoms with Gasteiger partial charge in [-0.15, -0.1) is 0 Å². The molecule has 0 unspecified atom stereocenters. The summed E-state index contributed by atoms with van der Waals surface area (Å²) in [6.07, 6.45) is 0. The number of benzene rings is 2. The van der Waals surface area contributed by atoms with Gasteiger partial charge in [0.1, 0.15) is 5.75 Å². The van der Waals surface area contributed by atoms with Crippen LogP contribution in [-0.2, 0) is 14.8 Å². The summed E-state index contributed by atoms with van der Waals surface area (Å²) in [5, 5.41) is 2.96. The van der Waals surface area contributed by atoms with Gasteiger partial charge in [-0.05, 0) is 36.8 Å². The maximum absolute atomic E-state index is 13.2. The number of methoxy groups -OCH3 is 3. The molecule has 0 spiro atoms. The number of fused-ring (bicyclic) bond motifs is 1. The Bertz CT molecular complexity index is 1160. The van der Waals surface area contributed by atoms with E-state index in [4.69, 9.17) is 25.8 Å². The fourth-order valence-corrected chi connectivity index (χ4v) is 4.89. The number of carbonyl (C=O) groups is 1. The maximum atomic E-state index is 13.2. The molecule has 0 saturated carbocycles. The lowest BCUT2D eigenvalue weighted by atomic mass is 10.0. The third kappa shape index (κ3) is 3.54. The molecule has 1 N–H and O–H groups in total. The van der Waals surface area contributed by atoms with Gasteiger partial charge in [0.2, 0.25) is 0 Å². The summed E-state index contributed by atoms with van der Waals surface area (Å²) in [7, 11) is 1.62. The second-order valence-corrected chi connectivity index (χ2v) is 8.79. The van der Waals surface area contributed by atoms with E-state index in [1.54, 1.807) is 31.2 Å². The Hall–Kier alpha value is -2.91. The number of nitrogens with zero attached hydrogens (tertiary/aromatic N) is 1. The molecule has 160 valence electrons. The van der Waals surface area contributed by atoms with Crippen molar-refractivity contribution in [1.29, 1.82) is 0 Å². The van der Waals surface area contributed by atoms with Crippen molar-refractivity contribution in [1.82, 2.24) is 0 Å². The second-order valence-electron chi connectivity index (χ2n) is 6.45. The quantitative estimate of drug-likeness (QED) is 0.746. The van der Waals surface area contributed by atoms with E-state index in [0.29, 0.717) is 33.5 Å². The Balaban J connectivity index is 2.16. The number of rotatable bonds is 5. The maximum Gasteiger partial charge on any atom is 0.269 e. The normalized spacial score (nSPS) is 14.8. The summed E-state index contributed by atoms with van der Waals surface area (Å²) < 4.78 is 43.2. The van der Waals surface area contributed by atoms with E-state index in [0.717, 1.165) is 4.31 Å². The number of allylic oxidation sites excluding steroid dienone is 1. The predicted molar refractivity (Wildman–Crippen MR) is 116 cm³/mol. The molecule has 1 aliphatic heterocycles. The van der Waals surface area contributed by atoms with E-state index in [1.807, 2.05) is 0 Å². The first kappa shape index (κ1) is 21.8. The van der Waals surface area contributed by atoms with Crippen molar-refractivity contribution >= 4 is 44.5 Å². The minimum atomic E-state index is -4.13. The van der Waals surface area contributed by atoms with Crippen molar-refractivity contribution < 1.29 is 27.4 Å². The molecule has 8 nitrogen and oxygen atoms in total. The lowest BCUT2D eigenvalue weighted by Gasteiger charge is -2.30. The monoisotopic (exact) mass is 452 g/mol. The molecule has 3 rings (SSSR count). The molecule has 0 bridgehead atoms. The number of hydrogen-bond acceptors (Lipinski definition) is 6. The average molecular weight is 453 g/mol. The van der Waals surface area contributed by atoms with Crippen molar-refractivity contribution in [3.63, 3.8) is 0 Å². The van der Waals surface area contributed by atoms with E-state index >= 15 is 0 Å². The number of anilines is 2. The van der Waals surface area contributed by atoms with Crippen LogP contribution in [0.25, 0.3) is 5.57 Å². The Labute approximate surface area is 180 Å². The number of carbonyl (C=O) groups excluding carboxylic acids is 1. The van der Waals surface area contributed by atoms with Crippen LogP contribution in [-0.4, -0.2) is 42.7 Å². The van der Waals surface area contributed by atoms with Crippen molar-refractivity contribution in [3.8, 4) is 17.2 Å². The Morgan fingerprint density at radius 3 is 2.20 bits per heavy atom. The SMILES string of the molecule is COc1ccc(Cl)cc1NC(=O)C1=C(C)c2cc(OC)c(OC)cc2N(C)S1(=O)=O. The van der Waals surface area contributed by atoms with Gasteiger partial charge < -0.3 is 19.5 Å². The topological polar surface area (TPSA) is 94.2 Å². The van der Waals surface area contributed by atoms with Crippen LogP contribution in [0.2, 0.25) is 5.02 Å². The summed E-state index contributed by atoms with van der Waals surface area (Å²) in [6, 6.07) is 7.86. The van der Waals surface area contributed by atoms with Crippen LogP contribution >= 0.6 is 11.6 Å². The van der Waals surface area contributed by atoms with Gasteiger partial charge in [0, 0.05) is 23.7 Å².